The molecule has 1 amide bonds. The van der Waals surface area contributed by atoms with E-state index in [1.165, 1.54) is 0 Å². The average Bonchev–Trinajstić information content (AvgIpc) is 3.43. The topological polar surface area (TPSA) is 84.1 Å². The van der Waals surface area contributed by atoms with E-state index in [-0.39, 0.29) is 17.5 Å². The number of nitrogens with one attached hydrogen (secondary N) is 2. The van der Waals surface area contributed by atoms with Gasteiger partial charge in [-0.1, -0.05) is 12.1 Å². The van der Waals surface area contributed by atoms with Gasteiger partial charge in [0.25, 0.3) is 11.5 Å². The summed E-state index contributed by atoms with van der Waals surface area (Å²) in [5.41, 5.74) is -1.47. The van der Waals surface area contributed by atoms with Crippen LogP contribution in [0.2, 0.25) is 0 Å². The maximum absolute atomic E-state index is 13.4. The van der Waals surface area contributed by atoms with Gasteiger partial charge in [-0.15, -0.1) is 0 Å². The van der Waals surface area contributed by atoms with Gasteiger partial charge in [-0.05, 0) is 30.5 Å². The number of ether oxygens (including phenoxy) is 1. The van der Waals surface area contributed by atoms with Crippen LogP contribution in [0.4, 0.5) is 22.0 Å². The van der Waals surface area contributed by atoms with E-state index >= 15 is 0 Å². The number of aromatic amines is 1. The number of carbonyl (C=O) groups excluding carboxylic acids is 1. The minimum Gasteiger partial charge on any atom is -0.435 e. The van der Waals surface area contributed by atoms with Gasteiger partial charge in [-0.3, -0.25) is 9.59 Å². The summed E-state index contributed by atoms with van der Waals surface area (Å²) in [5, 5.41) is 1.80. The number of rotatable bonds is 6. The molecular formula is C17H14F5N3O3. The lowest BCUT2D eigenvalue weighted by molar-refractivity contribution is -0.155. The van der Waals surface area contributed by atoms with E-state index in [2.05, 4.69) is 14.7 Å². The van der Waals surface area contributed by atoms with Gasteiger partial charge >= 0.3 is 12.8 Å². The number of H-pyrrole nitrogens is 1. The van der Waals surface area contributed by atoms with Gasteiger partial charge in [0.1, 0.15) is 17.3 Å². The van der Waals surface area contributed by atoms with Crippen molar-refractivity contribution in [1.82, 2.24) is 15.3 Å². The molecule has 0 saturated heterocycles. The molecule has 0 aliphatic heterocycles. The van der Waals surface area contributed by atoms with Crippen LogP contribution in [0.3, 0.4) is 0 Å². The minimum atomic E-state index is -4.87. The third-order valence-corrected chi connectivity index (χ3v) is 4.00. The number of hydrogen-bond acceptors (Lipinski definition) is 4. The van der Waals surface area contributed by atoms with Crippen molar-refractivity contribution in [3.8, 4) is 5.75 Å². The highest BCUT2D eigenvalue weighted by Crippen LogP contribution is 2.37. The van der Waals surface area contributed by atoms with Crippen molar-refractivity contribution in [3.63, 3.8) is 0 Å². The van der Waals surface area contributed by atoms with Gasteiger partial charge in [0.15, 0.2) is 6.04 Å². The Morgan fingerprint density at radius 3 is 2.39 bits per heavy atom. The van der Waals surface area contributed by atoms with Gasteiger partial charge in [0.2, 0.25) is 0 Å². The molecule has 0 radical (unpaired) electrons. The first-order chi connectivity index (χ1) is 13.1. The van der Waals surface area contributed by atoms with E-state index in [1.807, 2.05) is 0 Å². The summed E-state index contributed by atoms with van der Waals surface area (Å²) >= 11 is 0. The van der Waals surface area contributed by atoms with E-state index in [1.54, 1.807) is 5.32 Å². The van der Waals surface area contributed by atoms with Crippen LogP contribution in [-0.2, 0) is 0 Å². The zero-order chi connectivity index (χ0) is 20.5. The fraction of sp³-hybridized carbons (Fsp3) is 0.353. The number of carbonyl (C=O) groups is 1. The molecule has 1 saturated carbocycles. The highest BCUT2D eigenvalue weighted by molar-refractivity contribution is 5.92. The molecule has 1 heterocycles. The van der Waals surface area contributed by atoms with Crippen LogP contribution >= 0.6 is 0 Å². The summed E-state index contributed by atoms with van der Waals surface area (Å²) in [6, 6.07) is 2.08. The zero-order valence-corrected chi connectivity index (χ0v) is 14.1. The van der Waals surface area contributed by atoms with Crippen LogP contribution in [0.1, 0.15) is 46.7 Å². The zero-order valence-electron chi connectivity index (χ0n) is 14.1. The molecule has 1 unspecified atom stereocenters. The smallest absolute Gasteiger partial charge is 0.412 e. The molecule has 2 aromatic rings. The molecule has 2 N–H and O–H groups in total. The maximum Gasteiger partial charge on any atom is 0.412 e. The van der Waals surface area contributed by atoms with Crippen molar-refractivity contribution >= 4 is 5.91 Å². The molecular weight excluding hydrogens is 389 g/mol. The molecule has 1 aromatic carbocycles. The molecule has 1 aliphatic carbocycles. The van der Waals surface area contributed by atoms with Crippen molar-refractivity contribution in [3.05, 3.63) is 57.8 Å². The molecule has 1 aliphatic rings. The molecule has 28 heavy (non-hydrogen) atoms. The lowest BCUT2D eigenvalue weighted by Gasteiger charge is -2.22. The van der Waals surface area contributed by atoms with E-state index in [4.69, 9.17) is 0 Å². The molecule has 0 spiro atoms. The SMILES string of the molecule is O=C(NC(c1ccc(OC(F)F)cc1)C(F)(F)F)c1cc(=O)[nH]c(C2CC2)n1. The van der Waals surface area contributed by atoms with Gasteiger partial charge in [-0.2, -0.15) is 22.0 Å². The van der Waals surface area contributed by atoms with Crippen molar-refractivity contribution in [2.45, 2.75) is 37.6 Å². The maximum atomic E-state index is 13.4. The molecule has 1 aromatic heterocycles. The highest BCUT2D eigenvalue weighted by atomic mass is 19.4. The normalized spacial score (nSPS) is 15.4. The second-order valence-electron chi connectivity index (χ2n) is 6.19. The molecule has 6 nitrogen and oxygen atoms in total. The van der Waals surface area contributed by atoms with Crippen LogP contribution in [0.5, 0.6) is 5.75 Å². The number of aromatic nitrogens is 2. The first kappa shape index (κ1) is 19.8. The van der Waals surface area contributed by atoms with Crippen LogP contribution in [-0.4, -0.2) is 28.7 Å². The predicted molar refractivity (Wildman–Crippen MR) is 86.2 cm³/mol. The van der Waals surface area contributed by atoms with Crippen LogP contribution < -0.4 is 15.6 Å². The fourth-order valence-corrected chi connectivity index (χ4v) is 2.54. The first-order valence-corrected chi connectivity index (χ1v) is 8.17. The molecule has 150 valence electrons. The van der Waals surface area contributed by atoms with Gasteiger partial charge in [0, 0.05) is 12.0 Å². The molecule has 1 atom stereocenters. The third kappa shape index (κ3) is 4.84. The van der Waals surface area contributed by atoms with E-state index in [9.17, 15) is 31.5 Å². The van der Waals surface area contributed by atoms with Crippen LogP contribution in [0, 0.1) is 0 Å². The number of hydrogen-bond donors (Lipinski definition) is 2. The fourth-order valence-electron chi connectivity index (χ4n) is 2.54. The van der Waals surface area contributed by atoms with Gasteiger partial charge < -0.3 is 15.0 Å². The molecule has 0 bridgehead atoms. The average molecular weight is 403 g/mol. The Morgan fingerprint density at radius 1 is 1.21 bits per heavy atom. The van der Waals surface area contributed by atoms with Crippen LogP contribution in [0.25, 0.3) is 0 Å². The van der Waals surface area contributed by atoms with E-state index < -0.39 is 41.6 Å². The second kappa shape index (κ2) is 7.56. The van der Waals surface area contributed by atoms with Crippen molar-refractivity contribution in [1.29, 1.82) is 0 Å². The lowest BCUT2D eigenvalue weighted by Crippen LogP contribution is -2.39. The Kier molecular flexibility index (Phi) is 5.34. The lowest BCUT2D eigenvalue weighted by atomic mass is 10.1. The Hall–Kier alpha value is -2.98. The van der Waals surface area contributed by atoms with Crippen molar-refractivity contribution in [2.75, 3.05) is 0 Å². The summed E-state index contributed by atoms with van der Waals surface area (Å²) < 4.78 is 68.7. The van der Waals surface area contributed by atoms with Gasteiger partial charge in [0.05, 0.1) is 0 Å². The summed E-state index contributed by atoms with van der Waals surface area (Å²) in [7, 11) is 0. The number of benzene rings is 1. The minimum absolute atomic E-state index is 0.0127. The molecule has 11 heteroatoms. The first-order valence-electron chi connectivity index (χ1n) is 8.17. The number of halogens is 5. The Morgan fingerprint density at radius 2 is 1.86 bits per heavy atom. The largest absolute Gasteiger partial charge is 0.435 e. The van der Waals surface area contributed by atoms with Crippen molar-refractivity contribution < 1.29 is 31.5 Å². The molecule has 1 fully saturated rings. The van der Waals surface area contributed by atoms with E-state index in [0.29, 0.717) is 0 Å². The summed E-state index contributed by atoms with van der Waals surface area (Å²) in [5.74, 6) is -1.25. The van der Waals surface area contributed by atoms with Crippen molar-refractivity contribution in [2.24, 2.45) is 0 Å². The predicted octanol–water partition coefficient (Wildman–Crippen LogP) is 3.28. The number of nitrogens with zero attached hydrogens (tertiary/aromatic N) is 1. The standard InChI is InChI=1S/C17H14F5N3O3/c18-16(19)28-10-5-3-8(4-6-10)13(17(20,21)22)25-15(27)11-7-12(26)24-14(23-11)9-1-2-9/h3-7,9,13,16H,1-2H2,(H,25,27)(H,23,24,26). The van der Waals surface area contributed by atoms with E-state index in [0.717, 1.165) is 43.2 Å². The van der Waals surface area contributed by atoms with Gasteiger partial charge in [-0.25, -0.2) is 4.98 Å². The third-order valence-electron chi connectivity index (χ3n) is 4.00. The Labute approximate surface area is 154 Å². The van der Waals surface area contributed by atoms with Crippen LogP contribution in [0.15, 0.2) is 35.1 Å². The monoisotopic (exact) mass is 403 g/mol. The number of amides is 1. The summed E-state index contributed by atoms with van der Waals surface area (Å²) in [4.78, 5) is 30.3. The highest BCUT2D eigenvalue weighted by Gasteiger charge is 2.42. The summed E-state index contributed by atoms with van der Waals surface area (Å²) in [6.07, 6.45) is -3.33. The quantitative estimate of drug-likeness (QED) is 0.725. The Balaban J connectivity index is 1.83. The number of alkyl halides is 5. The Bertz CT molecular complexity index is 907. The summed E-state index contributed by atoms with van der Waals surface area (Å²) in [6.45, 7) is -3.12. The molecule has 3 rings (SSSR count). The second-order valence-corrected chi connectivity index (χ2v) is 6.19.